The largest absolute Gasteiger partial charge is 0.383 e. The number of aromatic nitrogens is 1. The molecule has 1 aromatic rings. The summed E-state index contributed by atoms with van der Waals surface area (Å²) in [5.41, 5.74) is 6.29. The molecule has 1 heterocycles. The van der Waals surface area contributed by atoms with Crippen molar-refractivity contribution in [2.24, 2.45) is 0 Å². The molecular weight excluding hydrogens is 162 g/mol. The van der Waals surface area contributed by atoms with Gasteiger partial charge in [-0.2, -0.15) is 0 Å². The molecule has 0 amide bonds. The number of alkyl halides is 2. The first-order chi connectivity index (χ1) is 5.52. The Balaban J connectivity index is 3.23. The topological polar surface area (TPSA) is 38.9 Å². The number of halogens is 2. The first-order valence-corrected chi connectivity index (χ1v) is 3.54. The summed E-state index contributed by atoms with van der Waals surface area (Å²) >= 11 is 0. The minimum absolute atomic E-state index is 0.0401. The average molecular weight is 172 g/mol. The van der Waals surface area contributed by atoms with Crippen LogP contribution < -0.4 is 5.73 Å². The maximum atomic E-state index is 12.3. The maximum absolute atomic E-state index is 12.3. The highest BCUT2D eigenvalue weighted by Gasteiger charge is 2.12. The second-order valence-electron chi connectivity index (χ2n) is 2.67. The van der Waals surface area contributed by atoms with Gasteiger partial charge in [0, 0.05) is 11.3 Å². The smallest absolute Gasteiger partial charge is 0.265 e. The van der Waals surface area contributed by atoms with Gasteiger partial charge in [0.15, 0.2) is 0 Å². The van der Waals surface area contributed by atoms with Crippen LogP contribution in [-0.2, 0) is 0 Å². The summed E-state index contributed by atoms with van der Waals surface area (Å²) in [4.78, 5) is 3.79. The van der Waals surface area contributed by atoms with Crippen molar-refractivity contribution in [3.05, 3.63) is 22.9 Å². The van der Waals surface area contributed by atoms with Crippen LogP contribution in [-0.4, -0.2) is 4.98 Å². The van der Waals surface area contributed by atoms with Crippen LogP contribution >= 0.6 is 0 Å². The third-order valence-corrected chi connectivity index (χ3v) is 1.72. The van der Waals surface area contributed by atoms with Gasteiger partial charge >= 0.3 is 0 Å². The van der Waals surface area contributed by atoms with E-state index in [2.05, 4.69) is 4.98 Å². The van der Waals surface area contributed by atoms with E-state index in [1.165, 1.54) is 13.0 Å². The Bertz CT molecular complexity index is 297. The van der Waals surface area contributed by atoms with E-state index in [-0.39, 0.29) is 5.56 Å². The first kappa shape index (κ1) is 8.90. The predicted octanol–water partition coefficient (Wildman–Crippen LogP) is 2.22. The number of anilines is 1. The van der Waals surface area contributed by atoms with Crippen LogP contribution in [0.2, 0.25) is 0 Å². The van der Waals surface area contributed by atoms with Crippen molar-refractivity contribution in [3.63, 3.8) is 0 Å². The molecule has 0 radical (unpaired) electrons. The van der Waals surface area contributed by atoms with E-state index in [1.807, 2.05) is 0 Å². The summed E-state index contributed by atoms with van der Waals surface area (Å²) in [5, 5.41) is 0. The van der Waals surface area contributed by atoms with Crippen molar-refractivity contribution in [2.75, 3.05) is 5.73 Å². The molecule has 2 nitrogen and oxygen atoms in total. The molecule has 0 spiro atoms. The van der Waals surface area contributed by atoms with Gasteiger partial charge in [-0.05, 0) is 25.5 Å². The lowest BCUT2D eigenvalue weighted by Gasteiger charge is -2.06. The van der Waals surface area contributed by atoms with Crippen LogP contribution in [0.1, 0.15) is 23.2 Å². The Morgan fingerprint density at radius 1 is 1.42 bits per heavy atom. The van der Waals surface area contributed by atoms with E-state index in [0.717, 1.165) is 0 Å². The van der Waals surface area contributed by atoms with Gasteiger partial charge in [-0.15, -0.1) is 0 Å². The Morgan fingerprint density at radius 3 is 2.50 bits per heavy atom. The quantitative estimate of drug-likeness (QED) is 0.705. The molecular formula is C8H10F2N2. The molecule has 0 atom stereocenters. The Labute approximate surface area is 69.4 Å². The lowest BCUT2D eigenvalue weighted by atomic mass is 10.1. The zero-order valence-corrected chi connectivity index (χ0v) is 6.94. The number of hydrogen-bond acceptors (Lipinski definition) is 2. The van der Waals surface area contributed by atoms with Crippen LogP contribution in [0.15, 0.2) is 6.07 Å². The molecule has 66 valence electrons. The second-order valence-corrected chi connectivity index (χ2v) is 2.67. The Kier molecular flexibility index (Phi) is 2.26. The molecule has 4 heteroatoms. The van der Waals surface area contributed by atoms with Crippen LogP contribution in [0.5, 0.6) is 0 Å². The summed E-state index contributed by atoms with van der Waals surface area (Å²) in [6.45, 7) is 3.19. The number of rotatable bonds is 1. The molecule has 0 fully saturated rings. The molecule has 0 aromatic carbocycles. The van der Waals surface area contributed by atoms with Gasteiger partial charge in [0.25, 0.3) is 6.43 Å². The minimum Gasteiger partial charge on any atom is -0.383 e. The second kappa shape index (κ2) is 3.05. The fourth-order valence-corrected chi connectivity index (χ4v) is 0.966. The van der Waals surface area contributed by atoms with E-state index in [0.29, 0.717) is 17.1 Å². The minimum atomic E-state index is -2.48. The molecule has 0 aliphatic carbocycles. The fraction of sp³-hybridized carbons (Fsp3) is 0.375. The van der Waals surface area contributed by atoms with Gasteiger partial charge in [-0.3, -0.25) is 0 Å². The summed E-state index contributed by atoms with van der Waals surface area (Å²) in [6, 6.07) is 1.38. The predicted molar refractivity (Wildman–Crippen MR) is 43.1 cm³/mol. The zero-order chi connectivity index (χ0) is 9.30. The van der Waals surface area contributed by atoms with E-state index < -0.39 is 6.43 Å². The van der Waals surface area contributed by atoms with Crippen LogP contribution in [0.4, 0.5) is 14.6 Å². The standard InChI is InChI=1S/C8H10F2N2/c1-4-3-6(7(9)10)5(2)12-8(4)11/h3,7H,1-2H3,(H2,11,12). The monoisotopic (exact) mass is 172 g/mol. The molecule has 0 aliphatic rings. The molecule has 0 bridgehead atoms. The molecule has 0 unspecified atom stereocenters. The molecule has 1 rings (SSSR count). The lowest BCUT2D eigenvalue weighted by Crippen LogP contribution is -2.00. The van der Waals surface area contributed by atoms with E-state index >= 15 is 0 Å². The lowest BCUT2D eigenvalue weighted by molar-refractivity contribution is 0.150. The van der Waals surface area contributed by atoms with E-state index in [9.17, 15) is 8.78 Å². The first-order valence-electron chi connectivity index (χ1n) is 3.54. The summed E-state index contributed by atoms with van der Waals surface area (Å²) in [6.07, 6.45) is -2.48. The van der Waals surface area contributed by atoms with Crippen molar-refractivity contribution in [3.8, 4) is 0 Å². The van der Waals surface area contributed by atoms with Crippen molar-refractivity contribution in [1.82, 2.24) is 4.98 Å². The van der Waals surface area contributed by atoms with Crippen LogP contribution in [0, 0.1) is 13.8 Å². The van der Waals surface area contributed by atoms with Crippen LogP contribution in [0.25, 0.3) is 0 Å². The van der Waals surface area contributed by atoms with Crippen molar-refractivity contribution >= 4 is 5.82 Å². The molecule has 2 N–H and O–H groups in total. The molecule has 0 saturated carbocycles. The third-order valence-electron chi connectivity index (χ3n) is 1.72. The highest BCUT2D eigenvalue weighted by atomic mass is 19.3. The van der Waals surface area contributed by atoms with E-state index in [1.54, 1.807) is 6.92 Å². The van der Waals surface area contributed by atoms with Crippen molar-refractivity contribution < 1.29 is 8.78 Å². The summed E-state index contributed by atoms with van der Waals surface area (Å²) in [5.74, 6) is 0.317. The van der Waals surface area contributed by atoms with Gasteiger partial charge in [0.05, 0.1) is 0 Å². The normalized spacial score (nSPS) is 10.8. The molecule has 12 heavy (non-hydrogen) atoms. The number of nitrogens with two attached hydrogens (primary N) is 1. The SMILES string of the molecule is Cc1cc(C(F)F)c(C)nc1N. The number of nitrogen functional groups attached to an aromatic ring is 1. The fourth-order valence-electron chi connectivity index (χ4n) is 0.966. The van der Waals surface area contributed by atoms with Crippen LogP contribution in [0.3, 0.4) is 0 Å². The zero-order valence-electron chi connectivity index (χ0n) is 6.94. The Morgan fingerprint density at radius 2 is 2.00 bits per heavy atom. The average Bonchev–Trinajstić information content (AvgIpc) is 1.96. The van der Waals surface area contributed by atoms with E-state index in [4.69, 9.17) is 5.73 Å². The van der Waals surface area contributed by atoms with Gasteiger partial charge in [-0.25, -0.2) is 13.8 Å². The summed E-state index contributed by atoms with van der Waals surface area (Å²) < 4.78 is 24.5. The number of hydrogen-bond donors (Lipinski definition) is 1. The Hall–Kier alpha value is -1.19. The highest BCUT2D eigenvalue weighted by Crippen LogP contribution is 2.23. The van der Waals surface area contributed by atoms with Gasteiger partial charge in [0.1, 0.15) is 5.82 Å². The van der Waals surface area contributed by atoms with Gasteiger partial charge in [0.2, 0.25) is 0 Å². The summed E-state index contributed by atoms with van der Waals surface area (Å²) in [7, 11) is 0. The van der Waals surface area contributed by atoms with Gasteiger partial charge < -0.3 is 5.73 Å². The number of nitrogens with zero attached hydrogens (tertiary/aromatic N) is 1. The van der Waals surface area contributed by atoms with Crippen molar-refractivity contribution in [2.45, 2.75) is 20.3 Å². The molecule has 0 saturated heterocycles. The highest BCUT2D eigenvalue weighted by molar-refractivity contribution is 5.42. The van der Waals surface area contributed by atoms with Gasteiger partial charge in [-0.1, -0.05) is 0 Å². The third kappa shape index (κ3) is 1.52. The number of aryl methyl sites for hydroxylation is 2. The number of pyridine rings is 1. The maximum Gasteiger partial charge on any atom is 0.265 e. The molecule has 0 aliphatic heterocycles. The van der Waals surface area contributed by atoms with Crippen molar-refractivity contribution in [1.29, 1.82) is 0 Å². The molecule has 1 aromatic heterocycles.